The zero-order valence-electron chi connectivity index (χ0n) is 21.6. The van der Waals surface area contributed by atoms with Crippen LogP contribution < -0.4 is 10.6 Å². The molecule has 0 bridgehead atoms. The molecule has 40 heavy (non-hydrogen) atoms. The monoisotopic (exact) mass is 556 g/mol. The molecule has 1 heterocycles. The summed E-state index contributed by atoms with van der Waals surface area (Å²) >= 11 is 0. The number of carbonyl (C=O) groups is 2. The number of hydrogen-bond donors (Lipinski definition) is 2. The molecule has 11 heteroatoms. The molecule has 2 N–H and O–H groups in total. The molecule has 1 fully saturated rings. The van der Waals surface area contributed by atoms with Gasteiger partial charge in [0.05, 0.1) is 11.6 Å². The molecule has 0 aliphatic heterocycles. The second kappa shape index (κ2) is 11.0. The summed E-state index contributed by atoms with van der Waals surface area (Å²) in [4.78, 5) is 29.8. The molecule has 6 nitrogen and oxygen atoms in total. The third kappa shape index (κ3) is 6.11. The van der Waals surface area contributed by atoms with Crippen LogP contribution in [0.5, 0.6) is 0 Å². The number of nitrogens with one attached hydrogen (secondary N) is 2. The van der Waals surface area contributed by atoms with E-state index in [0.717, 1.165) is 30.5 Å². The van der Waals surface area contributed by atoms with Gasteiger partial charge in [-0.2, -0.15) is 27.2 Å². The predicted octanol–water partition coefficient (Wildman–Crippen LogP) is 6.42. The molecule has 2 aromatic carbocycles. The van der Waals surface area contributed by atoms with Gasteiger partial charge in [0.15, 0.2) is 0 Å². The van der Waals surface area contributed by atoms with E-state index in [4.69, 9.17) is 5.26 Å². The van der Waals surface area contributed by atoms with Crippen LogP contribution in [0.25, 0.3) is 11.1 Å². The molecule has 0 atom stereocenters. The molecular weight excluding hydrogens is 531 g/mol. The molecule has 0 spiro atoms. The lowest BCUT2D eigenvalue weighted by Crippen LogP contribution is -2.33. The summed E-state index contributed by atoms with van der Waals surface area (Å²) in [6.07, 6.45) is -4.19. The Balaban J connectivity index is 1.73. The van der Waals surface area contributed by atoms with E-state index in [9.17, 15) is 31.5 Å². The van der Waals surface area contributed by atoms with Gasteiger partial charge in [0.2, 0.25) is 5.91 Å². The van der Waals surface area contributed by atoms with Crippen LogP contribution in [0.2, 0.25) is 0 Å². The van der Waals surface area contributed by atoms with Gasteiger partial charge in [0.25, 0.3) is 5.91 Å². The first-order chi connectivity index (χ1) is 18.8. The van der Waals surface area contributed by atoms with E-state index in [-0.39, 0.29) is 47.4 Å². The van der Waals surface area contributed by atoms with Gasteiger partial charge in [-0.25, -0.2) is 4.98 Å². The van der Waals surface area contributed by atoms with Crippen LogP contribution in [-0.4, -0.2) is 23.0 Å². The second-order valence-corrected chi connectivity index (χ2v) is 9.63. The molecule has 1 aliphatic carbocycles. The van der Waals surface area contributed by atoms with E-state index < -0.39 is 23.6 Å². The summed E-state index contributed by atoms with van der Waals surface area (Å²) in [5.41, 5.74) is 0.993. The van der Waals surface area contributed by atoms with Crippen molar-refractivity contribution in [3.8, 4) is 17.2 Å². The number of hydrogen-bond acceptors (Lipinski definition) is 4. The number of rotatable bonds is 8. The normalized spacial score (nSPS) is 13.4. The number of benzene rings is 2. The maximum atomic E-state index is 14.2. The first-order valence-electron chi connectivity index (χ1n) is 12.5. The average molecular weight is 557 g/mol. The first kappa shape index (κ1) is 28.7. The van der Waals surface area contributed by atoms with Gasteiger partial charge < -0.3 is 10.6 Å². The van der Waals surface area contributed by atoms with Gasteiger partial charge in [0.1, 0.15) is 11.5 Å². The molecule has 208 valence electrons. The van der Waals surface area contributed by atoms with Crippen LogP contribution in [0.3, 0.4) is 0 Å². The lowest BCUT2D eigenvalue weighted by molar-refractivity contribution is -0.289. The van der Waals surface area contributed by atoms with Gasteiger partial charge in [0, 0.05) is 18.0 Å². The minimum absolute atomic E-state index is 0.0593. The van der Waals surface area contributed by atoms with Crippen LogP contribution >= 0.6 is 0 Å². The maximum Gasteiger partial charge on any atom is 0.458 e. The second-order valence-electron chi connectivity index (χ2n) is 9.63. The van der Waals surface area contributed by atoms with Gasteiger partial charge in [-0.15, -0.1) is 0 Å². The summed E-state index contributed by atoms with van der Waals surface area (Å²) in [5, 5.41) is 14.3. The van der Waals surface area contributed by atoms with Gasteiger partial charge in [-0.05, 0) is 90.4 Å². The molecule has 0 unspecified atom stereocenters. The van der Waals surface area contributed by atoms with Crippen LogP contribution in [0.15, 0.2) is 48.5 Å². The van der Waals surface area contributed by atoms with Crippen molar-refractivity contribution in [3.05, 3.63) is 82.0 Å². The van der Waals surface area contributed by atoms with Crippen molar-refractivity contribution in [2.45, 2.75) is 51.8 Å². The van der Waals surface area contributed by atoms with Crippen molar-refractivity contribution in [1.82, 2.24) is 10.3 Å². The number of aromatic nitrogens is 1. The Morgan fingerprint density at radius 3 is 2.30 bits per heavy atom. The van der Waals surface area contributed by atoms with E-state index in [0.29, 0.717) is 16.7 Å². The van der Waals surface area contributed by atoms with E-state index >= 15 is 0 Å². The fourth-order valence-corrected chi connectivity index (χ4v) is 4.30. The Hall–Kier alpha value is -4.33. The fraction of sp³-hybridized carbons (Fsp3) is 0.310. The van der Waals surface area contributed by atoms with Crippen molar-refractivity contribution in [2.75, 3.05) is 5.32 Å². The SMILES string of the molecule is CCc1cc(C(F)(F)C(F)(F)F)cc(C)c1-c1cc(NC(=O)C2CC2)nc(C(=O)NCc2ccc(C#N)cc2)c1. The average Bonchev–Trinajstić information content (AvgIpc) is 3.76. The molecule has 3 aromatic rings. The molecule has 0 radical (unpaired) electrons. The molecule has 2 amide bonds. The predicted molar refractivity (Wildman–Crippen MR) is 137 cm³/mol. The van der Waals surface area contributed by atoms with Crippen molar-refractivity contribution in [1.29, 1.82) is 5.26 Å². The van der Waals surface area contributed by atoms with Crippen molar-refractivity contribution in [3.63, 3.8) is 0 Å². The Morgan fingerprint density at radius 1 is 1.05 bits per heavy atom. The molecule has 1 saturated carbocycles. The highest BCUT2D eigenvalue weighted by atomic mass is 19.4. The van der Waals surface area contributed by atoms with E-state index in [1.807, 2.05) is 6.07 Å². The van der Waals surface area contributed by atoms with Gasteiger partial charge in [-0.1, -0.05) is 19.1 Å². The minimum Gasteiger partial charge on any atom is -0.347 e. The van der Waals surface area contributed by atoms with Crippen LogP contribution in [0, 0.1) is 24.2 Å². The smallest absolute Gasteiger partial charge is 0.347 e. The molecule has 4 rings (SSSR count). The summed E-state index contributed by atoms with van der Waals surface area (Å²) < 4.78 is 67.6. The van der Waals surface area contributed by atoms with E-state index in [1.165, 1.54) is 19.1 Å². The zero-order chi connectivity index (χ0) is 29.2. The third-order valence-electron chi connectivity index (χ3n) is 6.60. The van der Waals surface area contributed by atoms with Crippen molar-refractivity contribution >= 4 is 17.6 Å². The zero-order valence-corrected chi connectivity index (χ0v) is 21.6. The number of halogens is 5. The number of aryl methyl sites for hydroxylation is 2. The summed E-state index contributed by atoms with van der Waals surface area (Å²) in [6, 6.07) is 13.1. The van der Waals surface area contributed by atoms with E-state index in [2.05, 4.69) is 15.6 Å². The Kier molecular flexibility index (Phi) is 7.91. The highest BCUT2D eigenvalue weighted by molar-refractivity contribution is 5.97. The molecule has 0 saturated heterocycles. The van der Waals surface area contributed by atoms with Gasteiger partial charge >= 0.3 is 12.1 Å². The third-order valence-corrected chi connectivity index (χ3v) is 6.60. The Bertz CT molecular complexity index is 1490. The largest absolute Gasteiger partial charge is 0.458 e. The summed E-state index contributed by atoms with van der Waals surface area (Å²) in [6.45, 7) is 3.15. The van der Waals surface area contributed by atoms with Gasteiger partial charge in [-0.3, -0.25) is 9.59 Å². The molecule has 1 aliphatic rings. The van der Waals surface area contributed by atoms with Crippen LogP contribution in [0.4, 0.5) is 27.8 Å². The number of alkyl halides is 5. The van der Waals surface area contributed by atoms with Crippen LogP contribution in [0.1, 0.15) is 58.1 Å². The number of nitriles is 1. The number of pyridine rings is 1. The standard InChI is InChI=1S/C29H25F5N4O2/c1-3-19-11-22(28(30,31)29(32,33)34)10-16(2)25(19)21-12-23(37-24(13-21)38-26(39)20-8-9-20)27(40)36-15-18-6-4-17(14-35)5-7-18/h4-7,10-13,20H,3,8-9,15H2,1-2H3,(H,36,40)(H,37,38,39). The highest BCUT2D eigenvalue weighted by Gasteiger charge is 2.58. The molecule has 1 aromatic heterocycles. The van der Waals surface area contributed by atoms with Crippen molar-refractivity contribution < 1.29 is 31.5 Å². The lowest BCUT2D eigenvalue weighted by Gasteiger charge is -2.23. The maximum absolute atomic E-state index is 14.2. The Morgan fingerprint density at radius 2 is 1.73 bits per heavy atom. The first-order valence-corrected chi connectivity index (χ1v) is 12.5. The highest BCUT2D eigenvalue weighted by Crippen LogP contribution is 2.45. The summed E-state index contributed by atoms with van der Waals surface area (Å²) in [5.74, 6) is -6.02. The topological polar surface area (TPSA) is 94.9 Å². The molecular formula is C29H25F5N4O2. The Labute approximate surface area is 227 Å². The number of nitrogens with zero attached hydrogens (tertiary/aromatic N) is 2. The minimum atomic E-state index is -5.76. The number of carbonyl (C=O) groups excluding carboxylic acids is 2. The van der Waals surface area contributed by atoms with E-state index in [1.54, 1.807) is 31.2 Å². The van der Waals surface area contributed by atoms with Crippen LogP contribution in [-0.2, 0) is 23.7 Å². The number of anilines is 1. The lowest BCUT2D eigenvalue weighted by atomic mass is 9.90. The summed E-state index contributed by atoms with van der Waals surface area (Å²) in [7, 11) is 0. The fourth-order valence-electron chi connectivity index (χ4n) is 4.30. The quantitative estimate of drug-likeness (QED) is 0.313. The number of amides is 2. The van der Waals surface area contributed by atoms with Crippen molar-refractivity contribution in [2.24, 2.45) is 5.92 Å².